The Morgan fingerprint density at radius 1 is 0.897 bits per heavy atom. The first-order chi connectivity index (χ1) is 18.7. The Morgan fingerprint density at radius 2 is 1.64 bits per heavy atom. The summed E-state index contributed by atoms with van der Waals surface area (Å²) in [5.74, 6) is -0.748. The van der Waals surface area contributed by atoms with E-state index in [2.05, 4.69) is 29.0 Å². The van der Waals surface area contributed by atoms with Crippen molar-refractivity contribution in [1.29, 1.82) is 0 Å². The van der Waals surface area contributed by atoms with E-state index in [1.165, 1.54) is 40.6 Å². The molecule has 0 aliphatic heterocycles. The lowest BCUT2D eigenvalue weighted by atomic mass is 9.72. The summed E-state index contributed by atoms with van der Waals surface area (Å²) in [6.45, 7) is 2.53. The van der Waals surface area contributed by atoms with Crippen molar-refractivity contribution in [3.63, 3.8) is 0 Å². The van der Waals surface area contributed by atoms with Crippen LogP contribution in [0.4, 0.5) is 22.0 Å². The van der Waals surface area contributed by atoms with Crippen molar-refractivity contribution in [2.24, 2.45) is 11.8 Å². The molecule has 2 aromatic carbocycles. The van der Waals surface area contributed by atoms with E-state index in [1.807, 2.05) is 24.3 Å². The van der Waals surface area contributed by atoms with E-state index in [0.29, 0.717) is 24.4 Å². The number of halogens is 5. The number of hydrogen-bond acceptors (Lipinski definition) is 4. The number of alkyl halides is 3. The fourth-order valence-electron chi connectivity index (χ4n) is 5.84. The second-order valence-corrected chi connectivity index (χ2v) is 11.4. The van der Waals surface area contributed by atoms with Gasteiger partial charge in [0.1, 0.15) is 12.4 Å². The highest BCUT2D eigenvalue weighted by atomic mass is 32.1. The second kappa shape index (κ2) is 11.7. The van der Waals surface area contributed by atoms with E-state index in [0.717, 1.165) is 42.9 Å². The molecule has 0 N–H and O–H groups in total. The predicted molar refractivity (Wildman–Crippen MR) is 141 cm³/mol. The van der Waals surface area contributed by atoms with E-state index < -0.39 is 23.7 Å². The molecule has 3 aromatic rings. The first-order valence-corrected chi connectivity index (χ1v) is 14.2. The number of allylic oxidation sites excluding steroid dienone is 2. The Labute approximate surface area is 228 Å². The van der Waals surface area contributed by atoms with Gasteiger partial charge in [-0.15, -0.1) is 24.5 Å². The molecule has 39 heavy (non-hydrogen) atoms. The molecule has 0 spiro atoms. The van der Waals surface area contributed by atoms with Gasteiger partial charge in [0.05, 0.1) is 12.4 Å². The Kier molecular flexibility index (Phi) is 8.35. The maximum Gasteiger partial charge on any atom is 0.573 e. The van der Waals surface area contributed by atoms with E-state index >= 15 is 0 Å². The van der Waals surface area contributed by atoms with Crippen molar-refractivity contribution in [2.75, 3.05) is 6.61 Å². The van der Waals surface area contributed by atoms with Crippen molar-refractivity contribution >= 4 is 21.4 Å². The first-order valence-electron chi connectivity index (χ1n) is 13.4. The minimum absolute atomic E-state index is 0.108. The molecule has 2 aliphatic carbocycles. The lowest BCUT2D eigenvalue weighted by molar-refractivity contribution is -0.276. The lowest BCUT2D eigenvalue weighted by Gasteiger charge is -2.35. The molecule has 0 radical (unpaired) electrons. The molecular formula is C30H31F5O3S. The molecule has 1 saturated carbocycles. The Balaban J connectivity index is 1.11. The molecule has 1 unspecified atom stereocenters. The molecule has 0 saturated heterocycles. The molecule has 1 heterocycles. The van der Waals surface area contributed by atoms with Gasteiger partial charge in [0.25, 0.3) is 0 Å². The van der Waals surface area contributed by atoms with Crippen molar-refractivity contribution in [1.82, 2.24) is 0 Å². The summed E-state index contributed by atoms with van der Waals surface area (Å²) in [6.07, 6.45) is 4.27. The summed E-state index contributed by atoms with van der Waals surface area (Å²) >= 11 is 1.88. The van der Waals surface area contributed by atoms with Crippen LogP contribution in [-0.4, -0.2) is 13.0 Å². The number of hydrogen-bond donors (Lipinski definition) is 0. The number of ether oxygens (including phenoxy) is 3. The molecular weight excluding hydrogens is 535 g/mol. The average Bonchev–Trinajstić information content (AvgIpc) is 3.33. The maximum atomic E-state index is 14.0. The predicted octanol–water partition coefficient (Wildman–Crippen LogP) is 9.65. The lowest BCUT2D eigenvalue weighted by Crippen LogP contribution is -2.22. The number of fused-ring (bicyclic) bond motifs is 1. The van der Waals surface area contributed by atoms with Gasteiger partial charge in [-0.25, -0.2) is 8.78 Å². The van der Waals surface area contributed by atoms with Gasteiger partial charge in [-0.2, -0.15) is 0 Å². The van der Waals surface area contributed by atoms with Crippen LogP contribution < -0.4 is 9.47 Å². The largest absolute Gasteiger partial charge is 0.573 e. The van der Waals surface area contributed by atoms with Crippen LogP contribution in [0.25, 0.3) is 10.1 Å². The van der Waals surface area contributed by atoms with Crippen LogP contribution in [0.15, 0.2) is 48.2 Å². The summed E-state index contributed by atoms with van der Waals surface area (Å²) in [5, 5.41) is 1.28. The highest BCUT2D eigenvalue weighted by molar-refractivity contribution is 7.19. The zero-order valence-electron chi connectivity index (χ0n) is 21.7. The summed E-state index contributed by atoms with van der Waals surface area (Å²) in [7, 11) is 0. The molecule has 5 rings (SSSR count). The third-order valence-corrected chi connectivity index (χ3v) is 9.03. The van der Waals surface area contributed by atoms with Gasteiger partial charge in [0.15, 0.2) is 11.6 Å². The smallest absolute Gasteiger partial charge is 0.494 e. The molecule has 9 heteroatoms. The van der Waals surface area contributed by atoms with Crippen LogP contribution in [0.5, 0.6) is 11.5 Å². The van der Waals surface area contributed by atoms with Gasteiger partial charge in [0.2, 0.25) is 5.75 Å². The molecule has 210 valence electrons. The average molecular weight is 567 g/mol. The summed E-state index contributed by atoms with van der Waals surface area (Å²) < 4.78 is 81.0. The molecule has 0 amide bonds. The fourth-order valence-corrected chi connectivity index (χ4v) is 7.10. The minimum atomic E-state index is -5.17. The topological polar surface area (TPSA) is 27.7 Å². The van der Waals surface area contributed by atoms with Crippen LogP contribution in [0.3, 0.4) is 0 Å². The molecule has 3 nitrogen and oxygen atoms in total. The number of thiophene rings is 1. The van der Waals surface area contributed by atoms with Crippen LogP contribution >= 0.6 is 11.3 Å². The Bertz CT molecular complexity index is 1300. The standard InChI is InChI=1S/C30H31F5O3S/c1-2-36-24-12-9-22-15-27(39-28(22)16-24)21-5-3-19(4-6-21)20-7-10-23(11-8-20)37-17-18-13-25(31)29(26(32)14-18)38-30(33,34)35/h9-10,12-16,19-21H,2-8,11,17H2,1H3. The molecule has 1 fully saturated rings. The van der Waals surface area contributed by atoms with Crippen LogP contribution in [0.1, 0.15) is 68.2 Å². The molecule has 2 aliphatic rings. The SMILES string of the molecule is CCOc1ccc2cc(C3CCC(C4CC=C(OCc5cc(F)c(OC(F)(F)F)c(F)c5)CC4)CC3)sc2c1. The third kappa shape index (κ3) is 6.86. The van der Waals surface area contributed by atoms with Gasteiger partial charge < -0.3 is 14.2 Å². The van der Waals surface area contributed by atoms with Crippen molar-refractivity contribution < 1.29 is 36.2 Å². The maximum absolute atomic E-state index is 14.0. The summed E-state index contributed by atoms with van der Waals surface area (Å²) in [4.78, 5) is 1.46. The van der Waals surface area contributed by atoms with Crippen LogP contribution in [0.2, 0.25) is 0 Å². The van der Waals surface area contributed by atoms with E-state index in [1.54, 1.807) is 0 Å². The van der Waals surface area contributed by atoms with Crippen molar-refractivity contribution in [2.45, 2.75) is 70.8 Å². The van der Waals surface area contributed by atoms with Gasteiger partial charge in [-0.1, -0.05) is 0 Å². The van der Waals surface area contributed by atoms with Crippen molar-refractivity contribution in [3.05, 3.63) is 70.3 Å². The monoisotopic (exact) mass is 566 g/mol. The normalized spacial score (nSPS) is 22.0. The fraction of sp³-hybridized carbons (Fsp3) is 0.467. The quantitative estimate of drug-likeness (QED) is 0.254. The third-order valence-electron chi connectivity index (χ3n) is 7.77. The van der Waals surface area contributed by atoms with Gasteiger partial charge in [0, 0.05) is 16.0 Å². The van der Waals surface area contributed by atoms with Gasteiger partial charge in [-0.3, -0.25) is 0 Å². The van der Waals surface area contributed by atoms with Gasteiger partial charge >= 0.3 is 6.36 Å². The minimum Gasteiger partial charge on any atom is -0.494 e. The van der Waals surface area contributed by atoms with Gasteiger partial charge in [-0.05, 0) is 117 Å². The van der Waals surface area contributed by atoms with Crippen molar-refractivity contribution in [3.8, 4) is 11.5 Å². The first kappa shape index (κ1) is 27.7. The highest BCUT2D eigenvalue weighted by Crippen LogP contribution is 2.45. The zero-order valence-corrected chi connectivity index (χ0v) is 22.5. The number of rotatable bonds is 8. The second-order valence-electron chi connectivity index (χ2n) is 10.3. The van der Waals surface area contributed by atoms with E-state index in [4.69, 9.17) is 9.47 Å². The summed E-state index contributed by atoms with van der Waals surface area (Å²) in [6, 6.07) is 10.3. The molecule has 0 bridgehead atoms. The van der Waals surface area contributed by atoms with Crippen LogP contribution in [0, 0.1) is 23.5 Å². The molecule has 1 atom stereocenters. The van der Waals surface area contributed by atoms with E-state index in [9.17, 15) is 22.0 Å². The zero-order chi connectivity index (χ0) is 27.6. The number of benzene rings is 2. The Hall–Kier alpha value is -2.81. The summed E-state index contributed by atoms with van der Waals surface area (Å²) in [5.41, 5.74) is 0.108. The Morgan fingerprint density at radius 3 is 2.28 bits per heavy atom. The molecule has 1 aromatic heterocycles. The highest BCUT2D eigenvalue weighted by Gasteiger charge is 2.34. The van der Waals surface area contributed by atoms with Crippen LogP contribution in [-0.2, 0) is 11.3 Å². The van der Waals surface area contributed by atoms with E-state index in [-0.39, 0.29) is 12.2 Å².